The van der Waals surface area contributed by atoms with Crippen molar-refractivity contribution >= 4 is 22.1 Å². The fraction of sp³-hybridized carbons (Fsp3) is 0.625. The fourth-order valence-corrected chi connectivity index (χ4v) is 4.63. The topological polar surface area (TPSA) is 46.4 Å². The van der Waals surface area contributed by atoms with E-state index in [0.717, 1.165) is 23.0 Å². The first-order chi connectivity index (χ1) is 10.3. The van der Waals surface area contributed by atoms with Crippen molar-refractivity contribution in [3.63, 3.8) is 0 Å². The molecule has 2 aromatic heterocycles. The van der Waals surface area contributed by atoms with Crippen LogP contribution in [0.5, 0.6) is 0 Å². The quantitative estimate of drug-likeness (QED) is 0.948. The van der Waals surface area contributed by atoms with Gasteiger partial charge in [0.05, 0.1) is 18.2 Å². The van der Waals surface area contributed by atoms with E-state index < -0.39 is 0 Å². The number of hydrogen-bond donors (Lipinski definition) is 1. The number of aromatic nitrogens is 2. The number of thiazole rings is 1. The Kier molecular flexibility index (Phi) is 3.55. The number of hydrogen-bond acceptors (Lipinski definition) is 4. The van der Waals surface area contributed by atoms with Crippen molar-refractivity contribution < 1.29 is 4.79 Å². The molecule has 2 aliphatic rings. The molecule has 2 fully saturated rings. The molecule has 4 nitrogen and oxygen atoms in total. The largest absolute Gasteiger partial charge is 0.304 e. The third-order valence-electron chi connectivity index (χ3n) is 5.04. The minimum absolute atomic E-state index is 0.0454. The number of piperidine rings is 1. The average Bonchev–Trinajstić information content (AvgIpc) is 3.08. The molecule has 1 saturated carbocycles. The summed E-state index contributed by atoms with van der Waals surface area (Å²) in [5.41, 5.74) is 0.902. The van der Waals surface area contributed by atoms with E-state index in [1.165, 1.54) is 32.1 Å². The van der Waals surface area contributed by atoms with Crippen molar-refractivity contribution in [1.29, 1.82) is 0 Å². The van der Waals surface area contributed by atoms with Gasteiger partial charge in [0, 0.05) is 23.8 Å². The second kappa shape index (κ2) is 5.54. The van der Waals surface area contributed by atoms with Crippen molar-refractivity contribution in [2.75, 3.05) is 0 Å². The molecular weight excluding hydrogens is 282 g/mol. The van der Waals surface area contributed by atoms with Crippen LogP contribution in [0.1, 0.15) is 44.2 Å². The Bertz CT molecular complexity index is 618. The molecule has 4 rings (SSSR count). The van der Waals surface area contributed by atoms with Crippen LogP contribution >= 0.6 is 11.3 Å². The summed E-state index contributed by atoms with van der Waals surface area (Å²) in [7, 11) is 0. The number of carbonyl (C=O) groups excluding carboxylic acids is 1. The maximum Gasteiger partial charge on any atom is 0.193 e. The molecule has 21 heavy (non-hydrogen) atoms. The van der Waals surface area contributed by atoms with Crippen LogP contribution in [0.4, 0.5) is 0 Å². The standard InChI is InChI=1S/C16H21N3OS/c20-15(9-12-10-19-7-8-21-16(19)17-12)14-6-5-11-3-1-2-4-13(11)18-14/h7-8,10-11,13-14,18H,1-6,9H2. The predicted octanol–water partition coefficient (Wildman–Crippen LogP) is 2.82. The van der Waals surface area contributed by atoms with E-state index in [2.05, 4.69) is 10.3 Å². The van der Waals surface area contributed by atoms with Crippen molar-refractivity contribution in [3.05, 3.63) is 23.5 Å². The number of ketones is 1. The Morgan fingerprint density at radius 1 is 1.33 bits per heavy atom. The highest BCUT2D eigenvalue weighted by Crippen LogP contribution is 2.32. The van der Waals surface area contributed by atoms with Crippen molar-refractivity contribution in [2.45, 2.75) is 57.0 Å². The molecule has 0 spiro atoms. The van der Waals surface area contributed by atoms with Crippen molar-refractivity contribution in [3.8, 4) is 0 Å². The normalized spacial score (nSPS) is 29.4. The van der Waals surface area contributed by atoms with E-state index >= 15 is 0 Å². The molecule has 112 valence electrons. The Labute approximate surface area is 128 Å². The molecule has 1 N–H and O–H groups in total. The molecule has 3 atom stereocenters. The van der Waals surface area contributed by atoms with E-state index in [9.17, 15) is 4.79 Å². The van der Waals surface area contributed by atoms with E-state index in [1.54, 1.807) is 11.3 Å². The van der Waals surface area contributed by atoms with Crippen molar-refractivity contribution in [2.24, 2.45) is 5.92 Å². The summed E-state index contributed by atoms with van der Waals surface area (Å²) in [6, 6.07) is 0.621. The van der Waals surface area contributed by atoms with E-state index in [1.807, 2.05) is 22.2 Å². The van der Waals surface area contributed by atoms with Gasteiger partial charge in [-0.2, -0.15) is 0 Å². The lowest BCUT2D eigenvalue weighted by Crippen LogP contribution is -2.52. The summed E-state index contributed by atoms with van der Waals surface area (Å²) < 4.78 is 2.00. The molecule has 2 aromatic rings. The minimum atomic E-state index is 0.0454. The number of imidazole rings is 1. The first kappa shape index (κ1) is 13.5. The monoisotopic (exact) mass is 303 g/mol. The van der Waals surface area contributed by atoms with Crippen LogP contribution in [0.2, 0.25) is 0 Å². The summed E-state index contributed by atoms with van der Waals surface area (Å²) in [5.74, 6) is 1.12. The number of Topliss-reactive ketones (excluding diaryl/α,β-unsaturated/α-hetero) is 1. The molecule has 0 amide bonds. The van der Waals surface area contributed by atoms with Crippen LogP contribution < -0.4 is 5.32 Å². The minimum Gasteiger partial charge on any atom is -0.304 e. The first-order valence-electron chi connectivity index (χ1n) is 7.99. The van der Waals surface area contributed by atoms with Gasteiger partial charge in [-0.05, 0) is 31.6 Å². The molecular formula is C16H21N3OS. The van der Waals surface area contributed by atoms with Gasteiger partial charge in [-0.3, -0.25) is 9.20 Å². The Morgan fingerprint density at radius 2 is 2.24 bits per heavy atom. The van der Waals surface area contributed by atoms with Crippen LogP contribution in [-0.4, -0.2) is 27.3 Å². The number of rotatable bonds is 3. The molecule has 1 aliphatic heterocycles. The zero-order valence-corrected chi connectivity index (χ0v) is 12.9. The van der Waals surface area contributed by atoms with Crippen LogP contribution in [0.25, 0.3) is 4.96 Å². The molecule has 0 radical (unpaired) electrons. The molecule has 5 heteroatoms. The van der Waals surface area contributed by atoms with Gasteiger partial charge in [0.1, 0.15) is 0 Å². The van der Waals surface area contributed by atoms with E-state index in [0.29, 0.717) is 18.2 Å². The third-order valence-corrected chi connectivity index (χ3v) is 5.81. The molecule has 1 saturated heterocycles. The maximum atomic E-state index is 12.5. The Balaban J connectivity index is 1.41. The number of nitrogens with zero attached hydrogens (tertiary/aromatic N) is 2. The van der Waals surface area contributed by atoms with Gasteiger partial charge in [-0.25, -0.2) is 4.98 Å². The van der Waals surface area contributed by atoms with Crippen LogP contribution in [0.3, 0.4) is 0 Å². The smallest absolute Gasteiger partial charge is 0.193 e. The highest BCUT2D eigenvalue weighted by atomic mass is 32.1. The lowest BCUT2D eigenvalue weighted by molar-refractivity contribution is -0.121. The average molecular weight is 303 g/mol. The first-order valence-corrected chi connectivity index (χ1v) is 8.87. The second-order valence-electron chi connectivity index (χ2n) is 6.42. The molecule has 0 aromatic carbocycles. The predicted molar refractivity (Wildman–Crippen MR) is 83.7 cm³/mol. The van der Waals surface area contributed by atoms with Gasteiger partial charge >= 0.3 is 0 Å². The van der Waals surface area contributed by atoms with Gasteiger partial charge in [0.15, 0.2) is 10.7 Å². The van der Waals surface area contributed by atoms with Gasteiger partial charge < -0.3 is 5.32 Å². The zero-order valence-electron chi connectivity index (χ0n) is 12.1. The summed E-state index contributed by atoms with van der Waals surface area (Å²) in [6.45, 7) is 0. The molecule has 0 bridgehead atoms. The van der Waals surface area contributed by atoms with Gasteiger partial charge in [-0.1, -0.05) is 12.8 Å². The molecule has 3 unspecified atom stereocenters. The molecule has 1 aliphatic carbocycles. The summed E-state index contributed by atoms with van der Waals surface area (Å²) in [5, 5.41) is 5.64. The molecule has 3 heterocycles. The van der Waals surface area contributed by atoms with Crippen LogP contribution in [0, 0.1) is 5.92 Å². The van der Waals surface area contributed by atoms with Crippen molar-refractivity contribution in [1.82, 2.24) is 14.7 Å². The van der Waals surface area contributed by atoms with Gasteiger partial charge in [-0.15, -0.1) is 11.3 Å². The van der Waals surface area contributed by atoms with Crippen LogP contribution in [-0.2, 0) is 11.2 Å². The van der Waals surface area contributed by atoms with E-state index in [-0.39, 0.29) is 6.04 Å². The highest BCUT2D eigenvalue weighted by molar-refractivity contribution is 7.15. The maximum absolute atomic E-state index is 12.5. The second-order valence-corrected chi connectivity index (χ2v) is 7.29. The Morgan fingerprint density at radius 3 is 3.14 bits per heavy atom. The summed E-state index contributed by atoms with van der Waals surface area (Å²) in [6.07, 6.45) is 11.9. The highest BCUT2D eigenvalue weighted by Gasteiger charge is 2.34. The third kappa shape index (κ3) is 2.64. The number of carbonyl (C=O) groups is 1. The van der Waals surface area contributed by atoms with Crippen LogP contribution in [0.15, 0.2) is 17.8 Å². The SMILES string of the molecule is O=C(Cc1cn2ccsc2n1)C1CCC2CCCCC2N1. The van der Waals surface area contributed by atoms with E-state index in [4.69, 9.17) is 0 Å². The lowest BCUT2D eigenvalue weighted by Gasteiger charge is -2.40. The number of nitrogens with one attached hydrogen (secondary N) is 1. The van der Waals surface area contributed by atoms with Gasteiger partial charge in [0.25, 0.3) is 0 Å². The lowest BCUT2D eigenvalue weighted by atomic mass is 9.77. The summed E-state index contributed by atoms with van der Waals surface area (Å²) >= 11 is 1.61. The Hall–Kier alpha value is -1.20. The number of fused-ring (bicyclic) bond motifs is 2. The fourth-order valence-electron chi connectivity index (χ4n) is 3.91. The summed E-state index contributed by atoms with van der Waals surface area (Å²) in [4.78, 5) is 18.0. The van der Waals surface area contributed by atoms with Gasteiger partial charge in [0.2, 0.25) is 0 Å². The zero-order chi connectivity index (χ0) is 14.2.